The van der Waals surface area contributed by atoms with Crippen LogP contribution in [0.3, 0.4) is 0 Å². The molecule has 1 aromatic rings. The smallest absolute Gasteiger partial charge is 0.337 e. The fourth-order valence-corrected chi connectivity index (χ4v) is 3.88. The second-order valence-electron chi connectivity index (χ2n) is 7.13. The second-order valence-corrected chi connectivity index (χ2v) is 7.13. The van der Waals surface area contributed by atoms with Crippen molar-refractivity contribution in [3.63, 3.8) is 0 Å². The van der Waals surface area contributed by atoms with E-state index in [0.29, 0.717) is 11.5 Å². The number of piperidine rings is 2. The summed E-state index contributed by atoms with van der Waals surface area (Å²) >= 11 is 0. The Hall–Kier alpha value is -1.88. The first-order chi connectivity index (χ1) is 12.2. The first-order valence-corrected chi connectivity index (χ1v) is 9.36. The van der Waals surface area contributed by atoms with Crippen LogP contribution in [0.5, 0.6) is 0 Å². The van der Waals surface area contributed by atoms with Crippen molar-refractivity contribution in [1.82, 2.24) is 9.80 Å². The van der Waals surface area contributed by atoms with E-state index in [1.807, 2.05) is 18.2 Å². The van der Waals surface area contributed by atoms with Gasteiger partial charge in [0.15, 0.2) is 0 Å². The molecule has 1 aromatic carbocycles. The van der Waals surface area contributed by atoms with Gasteiger partial charge in [-0.15, -0.1) is 0 Å². The molecule has 0 spiro atoms. The number of methoxy groups -OCH3 is 1. The molecule has 5 heteroatoms. The Kier molecular flexibility index (Phi) is 6.08. The quantitative estimate of drug-likeness (QED) is 0.788. The van der Waals surface area contributed by atoms with Gasteiger partial charge in [-0.05, 0) is 62.9 Å². The Balaban J connectivity index is 1.51. The molecule has 0 saturated carbocycles. The Labute approximate surface area is 149 Å². The molecule has 2 heterocycles. The van der Waals surface area contributed by atoms with Crippen LogP contribution in [-0.2, 0) is 16.1 Å². The molecule has 0 radical (unpaired) electrons. The third kappa shape index (κ3) is 4.60. The normalized spacial score (nSPS) is 19.6. The Morgan fingerprint density at radius 1 is 1.08 bits per heavy atom. The number of esters is 1. The summed E-state index contributed by atoms with van der Waals surface area (Å²) in [5, 5.41) is 0. The van der Waals surface area contributed by atoms with E-state index in [0.717, 1.165) is 64.0 Å². The number of ether oxygens (including phenoxy) is 1. The van der Waals surface area contributed by atoms with E-state index < -0.39 is 0 Å². The topological polar surface area (TPSA) is 49.9 Å². The lowest BCUT2D eigenvalue weighted by Gasteiger charge is -2.35. The van der Waals surface area contributed by atoms with Gasteiger partial charge in [0.25, 0.3) is 0 Å². The fourth-order valence-electron chi connectivity index (χ4n) is 3.88. The molecule has 0 aromatic heterocycles. The number of benzene rings is 1. The van der Waals surface area contributed by atoms with Crippen molar-refractivity contribution in [3.8, 4) is 0 Å². The third-order valence-electron chi connectivity index (χ3n) is 5.36. The number of hydrogen-bond acceptors (Lipinski definition) is 4. The van der Waals surface area contributed by atoms with Gasteiger partial charge in [0.2, 0.25) is 5.91 Å². The highest BCUT2D eigenvalue weighted by atomic mass is 16.5. The molecule has 0 N–H and O–H groups in total. The van der Waals surface area contributed by atoms with Crippen molar-refractivity contribution in [2.75, 3.05) is 33.3 Å². The van der Waals surface area contributed by atoms with E-state index in [9.17, 15) is 9.59 Å². The van der Waals surface area contributed by atoms with Crippen molar-refractivity contribution in [3.05, 3.63) is 35.4 Å². The zero-order valence-corrected chi connectivity index (χ0v) is 15.1. The van der Waals surface area contributed by atoms with E-state index in [2.05, 4.69) is 9.80 Å². The summed E-state index contributed by atoms with van der Waals surface area (Å²) in [7, 11) is 1.40. The maximum atomic E-state index is 12.6. The summed E-state index contributed by atoms with van der Waals surface area (Å²) in [5.41, 5.74) is 1.71. The minimum atomic E-state index is -0.298. The first kappa shape index (κ1) is 17.9. The van der Waals surface area contributed by atoms with Gasteiger partial charge in [0, 0.05) is 25.6 Å². The molecular weight excluding hydrogens is 316 g/mol. The summed E-state index contributed by atoms with van der Waals surface area (Å²) in [4.78, 5) is 28.7. The largest absolute Gasteiger partial charge is 0.465 e. The van der Waals surface area contributed by atoms with E-state index in [1.54, 1.807) is 6.07 Å². The van der Waals surface area contributed by atoms with Gasteiger partial charge in [0.1, 0.15) is 0 Å². The van der Waals surface area contributed by atoms with E-state index in [-0.39, 0.29) is 11.9 Å². The zero-order valence-electron chi connectivity index (χ0n) is 15.1. The van der Waals surface area contributed by atoms with Gasteiger partial charge in [-0.1, -0.05) is 12.1 Å². The molecule has 2 saturated heterocycles. The van der Waals surface area contributed by atoms with Crippen LogP contribution in [-0.4, -0.2) is 55.0 Å². The highest BCUT2D eigenvalue weighted by molar-refractivity contribution is 5.89. The van der Waals surface area contributed by atoms with Crippen LogP contribution >= 0.6 is 0 Å². The van der Waals surface area contributed by atoms with Crippen molar-refractivity contribution in [2.45, 2.75) is 38.6 Å². The van der Waals surface area contributed by atoms with Crippen LogP contribution in [0.1, 0.15) is 48.0 Å². The van der Waals surface area contributed by atoms with E-state index in [4.69, 9.17) is 4.74 Å². The highest BCUT2D eigenvalue weighted by Crippen LogP contribution is 2.23. The zero-order chi connectivity index (χ0) is 17.6. The molecule has 0 unspecified atom stereocenters. The number of rotatable bonds is 4. The highest BCUT2D eigenvalue weighted by Gasteiger charge is 2.29. The predicted molar refractivity (Wildman–Crippen MR) is 96.2 cm³/mol. The number of likely N-dealkylation sites (tertiary alicyclic amines) is 2. The van der Waals surface area contributed by atoms with Crippen LogP contribution in [0, 0.1) is 5.92 Å². The van der Waals surface area contributed by atoms with Gasteiger partial charge < -0.3 is 9.64 Å². The number of carbonyl (C=O) groups excluding carboxylic acids is 2. The average molecular weight is 344 g/mol. The number of amides is 1. The number of nitrogens with zero attached hydrogens (tertiary/aromatic N) is 2. The Morgan fingerprint density at radius 3 is 2.48 bits per heavy atom. The van der Waals surface area contributed by atoms with Crippen LogP contribution in [0.25, 0.3) is 0 Å². The maximum absolute atomic E-state index is 12.6. The fraction of sp³-hybridized carbons (Fsp3) is 0.600. The van der Waals surface area contributed by atoms with E-state index in [1.165, 1.54) is 13.5 Å². The average Bonchev–Trinajstić information content (AvgIpc) is 2.68. The minimum Gasteiger partial charge on any atom is -0.465 e. The monoisotopic (exact) mass is 344 g/mol. The second kappa shape index (κ2) is 8.48. The molecule has 136 valence electrons. The van der Waals surface area contributed by atoms with Crippen LogP contribution in [0.2, 0.25) is 0 Å². The summed E-state index contributed by atoms with van der Waals surface area (Å²) in [6, 6.07) is 7.61. The molecule has 25 heavy (non-hydrogen) atoms. The first-order valence-electron chi connectivity index (χ1n) is 9.36. The molecule has 2 aliphatic rings. The summed E-state index contributed by atoms with van der Waals surface area (Å²) in [6.07, 6.45) is 5.44. The van der Waals surface area contributed by atoms with Crippen LogP contribution in [0.15, 0.2) is 24.3 Å². The standard InChI is InChI=1S/C20H28N2O3/c1-25-20(24)18-7-5-6-16(14-18)15-21-12-8-17(9-13-21)19(23)22-10-3-2-4-11-22/h5-7,14,17H,2-4,8-13,15H2,1H3. The lowest BCUT2D eigenvalue weighted by Crippen LogP contribution is -2.44. The molecule has 0 atom stereocenters. The van der Waals surface area contributed by atoms with Crippen molar-refractivity contribution >= 4 is 11.9 Å². The van der Waals surface area contributed by atoms with E-state index >= 15 is 0 Å². The lowest BCUT2D eigenvalue weighted by molar-refractivity contribution is -0.138. The molecule has 0 aliphatic carbocycles. The SMILES string of the molecule is COC(=O)c1cccc(CN2CCC(C(=O)N3CCCCC3)CC2)c1. The summed E-state index contributed by atoms with van der Waals surface area (Å²) in [5.74, 6) is 0.260. The Morgan fingerprint density at radius 2 is 1.80 bits per heavy atom. The molecular formula is C20H28N2O3. The molecule has 2 fully saturated rings. The predicted octanol–water partition coefficient (Wildman–Crippen LogP) is 2.70. The van der Waals surface area contributed by atoms with Crippen molar-refractivity contribution < 1.29 is 14.3 Å². The van der Waals surface area contributed by atoms with Crippen molar-refractivity contribution in [1.29, 1.82) is 0 Å². The summed E-state index contributed by atoms with van der Waals surface area (Å²) in [6.45, 7) is 4.58. The van der Waals surface area contributed by atoms with Gasteiger partial charge in [0.05, 0.1) is 12.7 Å². The molecule has 1 amide bonds. The summed E-state index contributed by atoms with van der Waals surface area (Å²) < 4.78 is 4.78. The third-order valence-corrected chi connectivity index (χ3v) is 5.36. The molecule has 3 rings (SSSR count). The van der Waals surface area contributed by atoms with Gasteiger partial charge in [-0.25, -0.2) is 4.79 Å². The molecule has 2 aliphatic heterocycles. The van der Waals surface area contributed by atoms with Crippen LogP contribution in [0.4, 0.5) is 0 Å². The van der Waals surface area contributed by atoms with Gasteiger partial charge >= 0.3 is 5.97 Å². The Bertz CT molecular complexity index is 603. The maximum Gasteiger partial charge on any atom is 0.337 e. The van der Waals surface area contributed by atoms with Gasteiger partial charge in [-0.3, -0.25) is 9.69 Å². The number of hydrogen-bond donors (Lipinski definition) is 0. The lowest BCUT2D eigenvalue weighted by atomic mass is 9.94. The molecule has 0 bridgehead atoms. The van der Waals surface area contributed by atoms with Crippen LogP contribution < -0.4 is 0 Å². The molecule has 5 nitrogen and oxygen atoms in total. The van der Waals surface area contributed by atoms with Gasteiger partial charge in [-0.2, -0.15) is 0 Å². The van der Waals surface area contributed by atoms with Crippen molar-refractivity contribution in [2.24, 2.45) is 5.92 Å². The minimum absolute atomic E-state index is 0.191. The number of carbonyl (C=O) groups is 2.